The molecule has 0 spiro atoms. The first-order valence-electron chi connectivity index (χ1n) is 10.4. The number of likely N-dealkylation sites (tertiary alicyclic amines) is 1. The van der Waals surface area contributed by atoms with Crippen LogP contribution in [0.15, 0.2) is 39.5 Å². The molecule has 30 heavy (non-hydrogen) atoms. The Morgan fingerprint density at radius 2 is 2.17 bits per heavy atom. The van der Waals surface area contributed by atoms with Gasteiger partial charge in [0.2, 0.25) is 5.91 Å². The standard InChI is InChI=1S/C22H27N5O2S/c1-3-4-11-22(25-26-22)12-13-23-20(29)18-10-9-17(27(18)2)16-14-30-21(24-16)15-7-5-6-8-19(15)28/h1,5-8,16-18,28H,4,9-14H2,2H3,(H,23,29)/t16-,17+,18+/m0/s1. The van der Waals surface area contributed by atoms with Gasteiger partial charge in [-0.05, 0) is 32.0 Å². The van der Waals surface area contributed by atoms with Crippen LogP contribution < -0.4 is 5.32 Å². The largest absolute Gasteiger partial charge is 0.507 e. The number of benzene rings is 1. The van der Waals surface area contributed by atoms with Crippen LogP contribution in [0.2, 0.25) is 0 Å². The van der Waals surface area contributed by atoms with Crippen LogP contribution >= 0.6 is 11.8 Å². The smallest absolute Gasteiger partial charge is 0.237 e. The third kappa shape index (κ3) is 4.37. The summed E-state index contributed by atoms with van der Waals surface area (Å²) in [5.41, 5.74) is 0.425. The number of hydrogen-bond donors (Lipinski definition) is 2. The number of aliphatic imine (C=N–C) groups is 1. The summed E-state index contributed by atoms with van der Waals surface area (Å²) in [5.74, 6) is 3.81. The summed E-state index contributed by atoms with van der Waals surface area (Å²) >= 11 is 1.67. The molecule has 0 bridgehead atoms. The minimum atomic E-state index is -0.362. The highest BCUT2D eigenvalue weighted by atomic mass is 32.2. The predicted octanol–water partition coefficient (Wildman–Crippen LogP) is 2.80. The molecule has 7 nitrogen and oxygen atoms in total. The summed E-state index contributed by atoms with van der Waals surface area (Å²) in [4.78, 5) is 19.8. The Morgan fingerprint density at radius 3 is 2.90 bits per heavy atom. The number of nitrogens with one attached hydrogen (secondary N) is 1. The molecule has 3 atom stereocenters. The van der Waals surface area contributed by atoms with Crippen molar-refractivity contribution >= 4 is 22.7 Å². The highest BCUT2D eigenvalue weighted by molar-refractivity contribution is 8.14. The van der Waals surface area contributed by atoms with E-state index in [1.807, 2.05) is 25.2 Å². The first-order chi connectivity index (χ1) is 14.5. The molecule has 3 aliphatic rings. The van der Waals surface area contributed by atoms with E-state index in [-0.39, 0.29) is 35.4 Å². The van der Waals surface area contributed by atoms with Crippen molar-refractivity contribution in [3.05, 3.63) is 29.8 Å². The number of terminal acetylenes is 1. The third-order valence-electron chi connectivity index (χ3n) is 6.18. The van der Waals surface area contributed by atoms with Crippen LogP contribution in [0.1, 0.15) is 37.7 Å². The van der Waals surface area contributed by atoms with Crippen molar-refractivity contribution in [1.82, 2.24) is 10.2 Å². The number of carbonyl (C=O) groups excluding carboxylic acids is 1. The van der Waals surface area contributed by atoms with Gasteiger partial charge in [-0.2, -0.15) is 10.2 Å². The molecule has 8 heteroatoms. The van der Waals surface area contributed by atoms with Crippen LogP contribution in [0, 0.1) is 12.3 Å². The van der Waals surface area contributed by atoms with E-state index >= 15 is 0 Å². The van der Waals surface area contributed by atoms with Crippen LogP contribution in [-0.4, -0.2) is 64.1 Å². The monoisotopic (exact) mass is 425 g/mol. The van der Waals surface area contributed by atoms with E-state index in [1.165, 1.54) is 0 Å². The van der Waals surface area contributed by atoms with E-state index in [9.17, 15) is 9.90 Å². The van der Waals surface area contributed by atoms with E-state index < -0.39 is 0 Å². The van der Waals surface area contributed by atoms with Gasteiger partial charge < -0.3 is 10.4 Å². The first-order valence-corrected chi connectivity index (χ1v) is 11.4. The quantitative estimate of drug-likeness (QED) is 0.627. The zero-order valence-electron chi connectivity index (χ0n) is 17.1. The molecule has 1 aromatic rings. The Hall–Kier alpha value is -2.37. The van der Waals surface area contributed by atoms with Crippen LogP contribution in [0.5, 0.6) is 5.75 Å². The van der Waals surface area contributed by atoms with Crippen LogP contribution in [0.3, 0.4) is 0 Å². The molecule has 0 aliphatic carbocycles. The van der Waals surface area contributed by atoms with E-state index in [2.05, 4.69) is 26.4 Å². The molecule has 2 N–H and O–H groups in total. The zero-order valence-corrected chi connectivity index (χ0v) is 17.9. The van der Waals surface area contributed by atoms with E-state index in [0.29, 0.717) is 19.4 Å². The van der Waals surface area contributed by atoms with E-state index in [1.54, 1.807) is 17.8 Å². The molecule has 0 aromatic heterocycles. The Bertz CT molecular complexity index is 903. The van der Waals surface area contributed by atoms with Crippen LogP contribution in [0.4, 0.5) is 0 Å². The second-order valence-corrected chi connectivity index (χ2v) is 9.09. The van der Waals surface area contributed by atoms with Gasteiger partial charge in [0.1, 0.15) is 10.8 Å². The van der Waals surface area contributed by atoms with E-state index in [4.69, 9.17) is 11.4 Å². The second-order valence-electron chi connectivity index (χ2n) is 8.08. The van der Waals surface area contributed by atoms with Gasteiger partial charge in [-0.1, -0.05) is 12.1 Å². The maximum atomic E-state index is 12.7. The molecule has 0 saturated carbocycles. The maximum absolute atomic E-state index is 12.7. The van der Waals surface area contributed by atoms with Crippen molar-refractivity contribution in [2.24, 2.45) is 15.2 Å². The summed E-state index contributed by atoms with van der Waals surface area (Å²) in [6.45, 7) is 0.556. The summed E-state index contributed by atoms with van der Waals surface area (Å²) in [6.07, 6.45) is 9.19. The molecule has 1 amide bonds. The Labute approximate surface area is 181 Å². The van der Waals surface area contributed by atoms with E-state index in [0.717, 1.165) is 35.6 Å². The Kier molecular flexibility index (Phi) is 6.11. The normalized spacial score (nSPS) is 26.9. The topological polar surface area (TPSA) is 89.6 Å². The van der Waals surface area contributed by atoms with Gasteiger partial charge in [0.25, 0.3) is 0 Å². The second kappa shape index (κ2) is 8.78. The highest BCUT2D eigenvalue weighted by Gasteiger charge is 2.42. The fourth-order valence-corrected chi connectivity index (χ4v) is 5.47. The lowest BCUT2D eigenvalue weighted by Gasteiger charge is -2.27. The van der Waals surface area contributed by atoms with Gasteiger partial charge >= 0.3 is 0 Å². The number of thioether (sulfide) groups is 1. The number of amides is 1. The summed E-state index contributed by atoms with van der Waals surface area (Å²) in [7, 11) is 2.01. The number of nitrogens with zero attached hydrogens (tertiary/aromatic N) is 4. The van der Waals surface area contributed by atoms with Gasteiger partial charge in [0.05, 0.1) is 12.1 Å². The predicted molar refractivity (Wildman–Crippen MR) is 119 cm³/mol. The Morgan fingerprint density at radius 1 is 1.37 bits per heavy atom. The fraction of sp³-hybridized carbons (Fsp3) is 0.545. The number of aromatic hydroxyl groups is 1. The van der Waals surface area contributed by atoms with Gasteiger partial charge in [0, 0.05) is 43.2 Å². The average molecular weight is 426 g/mol. The minimum absolute atomic E-state index is 0.0586. The SMILES string of the molecule is C#CCCC1(CCNC(=O)[C@H]2CC[C@H]([C@@H]3CSC(c4ccccc4O)=N3)N2C)N=N1. The molecule has 1 aromatic carbocycles. The lowest BCUT2D eigenvalue weighted by atomic mass is 10.0. The number of phenols is 1. The van der Waals surface area contributed by atoms with Crippen molar-refractivity contribution in [1.29, 1.82) is 0 Å². The molecule has 158 valence electrons. The maximum Gasteiger partial charge on any atom is 0.237 e. The van der Waals surface area contributed by atoms with Crippen molar-refractivity contribution < 1.29 is 9.90 Å². The van der Waals surface area contributed by atoms with Crippen molar-refractivity contribution in [3.63, 3.8) is 0 Å². The van der Waals surface area contributed by atoms with Gasteiger partial charge in [-0.15, -0.1) is 24.1 Å². The first kappa shape index (κ1) is 20.9. The van der Waals surface area contributed by atoms with Gasteiger partial charge in [0.15, 0.2) is 5.66 Å². The number of likely N-dealkylation sites (N-methyl/N-ethyl adjacent to an activating group) is 1. The molecule has 1 fully saturated rings. The Balaban J connectivity index is 1.30. The highest BCUT2D eigenvalue weighted by Crippen LogP contribution is 2.37. The molecule has 1 saturated heterocycles. The van der Waals surface area contributed by atoms with Gasteiger partial charge in [-0.25, -0.2) is 0 Å². The number of hydrogen-bond acceptors (Lipinski definition) is 7. The summed E-state index contributed by atoms with van der Waals surface area (Å²) in [6, 6.07) is 7.52. The molecule has 0 radical (unpaired) electrons. The van der Waals surface area contributed by atoms with Gasteiger partial charge in [-0.3, -0.25) is 14.7 Å². The average Bonchev–Trinajstić information content (AvgIpc) is 3.15. The fourth-order valence-electron chi connectivity index (χ4n) is 4.31. The molecule has 0 unspecified atom stereocenters. The minimum Gasteiger partial charge on any atom is -0.507 e. The molecule has 4 rings (SSSR count). The molecular formula is C22H27N5O2S. The summed E-state index contributed by atoms with van der Waals surface area (Å²) < 4.78 is 0. The molecule has 3 aliphatic heterocycles. The number of phenolic OH excluding ortho intramolecular Hbond substituents is 1. The number of rotatable bonds is 8. The lowest BCUT2D eigenvalue weighted by molar-refractivity contribution is -0.125. The van der Waals surface area contributed by atoms with Crippen LogP contribution in [0.25, 0.3) is 0 Å². The van der Waals surface area contributed by atoms with Crippen molar-refractivity contribution in [2.75, 3.05) is 19.3 Å². The zero-order chi connectivity index (χ0) is 21.1. The number of para-hydroxylation sites is 1. The lowest BCUT2D eigenvalue weighted by Crippen LogP contribution is -2.47. The number of carbonyl (C=O) groups is 1. The summed E-state index contributed by atoms with van der Waals surface area (Å²) in [5, 5.41) is 22.3. The van der Waals surface area contributed by atoms with Crippen LogP contribution in [-0.2, 0) is 4.79 Å². The van der Waals surface area contributed by atoms with Crippen molar-refractivity contribution in [3.8, 4) is 18.1 Å². The van der Waals surface area contributed by atoms with Crippen molar-refractivity contribution in [2.45, 2.75) is 55.9 Å². The molecular weight excluding hydrogens is 398 g/mol. The third-order valence-corrected chi connectivity index (χ3v) is 7.29. The molecule has 3 heterocycles.